The second-order valence-corrected chi connectivity index (χ2v) is 5.58. The maximum Gasteiger partial charge on any atom is 0.251 e. The minimum Gasteiger partial charge on any atom is -0.496 e. The van der Waals surface area contributed by atoms with Gasteiger partial charge in [-0.15, -0.1) is 0 Å². The molecule has 112 valence electrons. The summed E-state index contributed by atoms with van der Waals surface area (Å²) < 4.78 is 5.91. The van der Waals surface area contributed by atoms with E-state index in [1.54, 1.807) is 25.3 Å². The molecule has 1 amide bonds. The Labute approximate surface area is 132 Å². The predicted molar refractivity (Wildman–Crippen MR) is 84.7 cm³/mol. The van der Waals surface area contributed by atoms with Crippen LogP contribution in [0.3, 0.4) is 0 Å². The van der Waals surface area contributed by atoms with Gasteiger partial charge in [-0.2, -0.15) is 5.10 Å². The summed E-state index contributed by atoms with van der Waals surface area (Å²) in [7, 11) is 1.59. The van der Waals surface area contributed by atoms with Crippen molar-refractivity contribution in [2.45, 2.75) is 19.8 Å². The molecule has 0 radical (unpaired) electrons. The summed E-state index contributed by atoms with van der Waals surface area (Å²) in [6, 6.07) is 5.28. The van der Waals surface area contributed by atoms with E-state index in [2.05, 4.69) is 31.4 Å². The van der Waals surface area contributed by atoms with Crippen molar-refractivity contribution in [2.75, 3.05) is 13.7 Å². The fraction of sp³-hybridized carbons (Fsp3) is 0.333. The van der Waals surface area contributed by atoms with Gasteiger partial charge >= 0.3 is 0 Å². The zero-order valence-corrected chi connectivity index (χ0v) is 13.7. The van der Waals surface area contributed by atoms with Gasteiger partial charge in [-0.1, -0.05) is 0 Å². The second-order valence-electron chi connectivity index (χ2n) is 4.73. The molecule has 0 saturated carbocycles. The van der Waals surface area contributed by atoms with Crippen LogP contribution in [0.1, 0.15) is 28.0 Å². The summed E-state index contributed by atoms with van der Waals surface area (Å²) in [5.74, 6) is 0.629. The molecule has 0 aliphatic carbocycles. The van der Waals surface area contributed by atoms with E-state index in [-0.39, 0.29) is 5.91 Å². The smallest absolute Gasteiger partial charge is 0.251 e. The number of rotatable bonds is 6. The maximum atomic E-state index is 12.0. The van der Waals surface area contributed by atoms with Crippen LogP contribution in [0.2, 0.25) is 0 Å². The number of hydrogen-bond donors (Lipinski definition) is 2. The Morgan fingerprint density at radius 1 is 1.48 bits per heavy atom. The molecule has 1 heterocycles. The van der Waals surface area contributed by atoms with E-state index in [0.717, 1.165) is 23.0 Å². The number of hydrogen-bond acceptors (Lipinski definition) is 3. The van der Waals surface area contributed by atoms with E-state index < -0.39 is 0 Å². The van der Waals surface area contributed by atoms with Gasteiger partial charge in [-0.05, 0) is 59.5 Å². The molecule has 0 aliphatic heterocycles. The van der Waals surface area contributed by atoms with Gasteiger partial charge in [-0.3, -0.25) is 9.89 Å². The SMILES string of the molecule is COc1ccc(C(=O)NCCCc2cn[nH]c2C)cc1Br. The number of carbonyl (C=O) groups is 1. The van der Waals surface area contributed by atoms with Crippen LogP contribution in [0, 0.1) is 6.92 Å². The molecule has 2 aromatic rings. The van der Waals surface area contributed by atoms with Gasteiger partial charge in [0.05, 0.1) is 17.8 Å². The molecule has 0 saturated heterocycles. The van der Waals surface area contributed by atoms with Crippen molar-refractivity contribution in [3.8, 4) is 5.75 Å². The molecular formula is C15H18BrN3O2. The van der Waals surface area contributed by atoms with E-state index in [1.165, 1.54) is 5.56 Å². The summed E-state index contributed by atoms with van der Waals surface area (Å²) in [4.78, 5) is 12.0. The van der Waals surface area contributed by atoms with Crippen LogP contribution < -0.4 is 10.1 Å². The van der Waals surface area contributed by atoms with E-state index in [4.69, 9.17) is 4.74 Å². The number of aromatic nitrogens is 2. The Hall–Kier alpha value is -1.82. The fourth-order valence-electron chi connectivity index (χ4n) is 2.02. The van der Waals surface area contributed by atoms with Crippen LogP contribution in [0.15, 0.2) is 28.9 Å². The number of ether oxygens (including phenoxy) is 1. The standard InChI is InChI=1S/C15H18BrN3O2/c1-10-12(9-18-19-10)4-3-7-17-15(20)11-5-6-14(21-2)13(16)8-11/h5-6,8-9H,3-4,7H2,1-2H3,(H,17,20)(H,18,19). The summed E-state index contributed by atoms with van der Waals surface area (Å²) >= 11 is 3.38. The first kappa shape index (κ1) is 15.6. The zero-order valence-electron chi connectivity index (χ0n) is 12.1. The Morgan fingerprint density at radius 3 is 2.90 bits per heavy atom. The van der Waals surface area contributed by atoms with E-state index in [0.29, 0.717) is 17.9 Å². The van der Waals surface area contributed by atoms with Crippen molar-refractivity contribution in [1.82, 2.24) is 15.5 Å². The largest absolute Gasteiger partial charge is 0.496 e. The number of methoxy groups -OCH3 is 1. The van der Waals surface area contributed by atoms with Crippen LogP contribution in [0.25, 0.3) is 0 Å². The van der Waals surface area contributed by atoms with Crippen molar-refractivity contribution in [1.29, 1.82) is 0 Å². The first-order valence-electron chi connectivity index (χ1n) is 6.72. The highest BCUT2D eigenvalue weighted by atomic mass is 79.9. The van der Waals surface area contributed by atoms with Gasteiger partial charge < -0.3 is 10.1 Å². The topological polar surface area (TPSA) is 67.0 Å². The molecule has 0 aliphatic rings. The quantitative estimate of drug-likeness (QED) is 0.786. The van der Waals surface area contributed by atoms with Crippen LogP contribution in [-0.4, -0.2) is 29.8 Å². The Balaban J connectivity index is 1.82. The zero-order chi connectivity index (χ0) is 15.2. The fourth-order valence-corrected chi connectivity index (χ4v) is 2.56. The highest BCUT2D eigenvalue weighted by molar-refractivity contribution is 9.10. The first-order chi connectivity index (χ1) is 10.1. The predicted octanol–water partition coefficient (Wildman–Crippen LogP) is 2.85. The maximum absolute atomic E-state index is 12.0. The monoisotopic (exact) mass is 351 g/mol. The van der Waals surface area contributed by atoms with Gasteiger partial charge in [0.15, 0.2) is 0 Å². The Bertz CT molecular complexity index is 625. The average molecular weight is 352 g/mol. The summed E-state index contributed by atoms with van der Waals surface area (Å²) in [6.45, 7) is 2.63. The lowest BCUT2D eigenvalue weighted by atomic mass is 10.1. The number of nitrogens with zero attached hydrogens (tertiary/aromatic N) is 1. The molecule has 0 spiro atoms. The van der Waals surface area contributed by atoms with Gasteiger partial charge in [-0.25, -0.2) is 0 Å². The molecule has 0 unspecified atom stereocenters. The first-order valence-corrected chi connectivity index (χ1v) is 7.51. The van der Waals surface area contributed by atoms with Crippen LogP contribution in [0.4, 0.5) is 0 Å². The third kappa shape index (κ3) is 4.07. The molecule has 1 aromatic heterocycles. The average Bonchev–Trinajstić information content (AvgIpc) is 2.88. The van der Waals surface area contributed by atoms with E-state index in [1.807, 2.05) is 13.1 Å². The molecule has 0 bridgehead atoms. The van der Waals surface area contributed by atoms with Crippen molar-refractivity contribution in [2.24, 2.45) is 0 Å². The van der Waals surface area contributed by atoms with Crippen molar-refractivity contribution in [3.05, 3.63) is 45.7 Å². The molecule has 2 N–H and O–H groups in total. The summed E-state index contributed by atoms with van der Waals surface area (Å²) in [5, 5.41) is 9.80. The minimum absolute atomic E-state index is 0.0812. The van der Waals surface area contributed by atoms with Crippen molar-refractivity contribution in [3.63, 3.8) is 0 Å². The van der Waals surface area contributed by atoms with Crippen molar-refractivity contribution < 1.29 is 9.53 Å². The lowest BCUT2D eigenvalue weighted by molar-refractivity contribution is 0.0953. The van der Waals surface area contributed by atoms with Gasteiger partial charge in [0, 0.05) is 17.8 Å². The number of aromatic amines is 1. The molecule has 0 fully saturated rings. The highest BCUT2D eigenvalue weighted by Crippen LogP contribution is 2.25. The summed E-state index contributed by atoms with van der Waals surface area (Å²) in [5.41, 5.74) is 2.89. The molecule has 2 rings (SSSR count). The van der Waals surface area contributed by atoms with Crippen LogP contribution >= 0.6 is 15.9 Å². The van der Waals surface area contributed by atoms with Crippen LogP contribution in [-0.2, 0) is 6.42 Å². The van der Waals surface area contributed by atoms with Crippen LogP contribution in [0.5, 0.6) is 5.75 Å². The normalized spacial score (nSPS) is 10.4. The number of H-pyrrole nitrogens is 1. The third-order valence-electron chi connectivity index (χ3n) is 3.26. The molecule has 0 atom stereocenters. The molecular weight excluding hydrogens is 334 g/mol. The number of benzene rings is 1. The highest BCUT2D eigenvalue weighted by Gasteiger charge is 2.08. The second kappa shape index (κ2) is 7.26. The molecule has 6 heteroatoms. The number of amides is 1. The lowest BCUT2D eigenvalue weighted by Gasteiger charge is -2.07. The van der Waals surface area contributed by atoms with Gasteiger partial charge in [0.1, 0.15) is 5.75 Å². The Kier molecular flexibility index (Phi) is 5.38. The van der Waals surface area contributed by atoms with Gasteiger partial charge in [0.2, 0.25) is 0 Å². The minimum atomic E-state index is -0.0812. The Morgan fingerprint density at radius 2 is 2.29 bits per heavy atom. The van der Waals surface area contributed by atoms with Gasteiger partial charge in [0.25, 0.3) is 5.91 Å². The lowest BCUT2D eigenvalue weighted by Crippen LogP contribution is -2.24. The number of halogens is 1. The van der Waals surface area contributed by atoms with E-state index in [9.17, 15) is 4.79 Å². The van der Waals surface area contributed by atoms with Crippen molar-refractivity contribution >= 4 is 21.8 Å². The molecule has 5 nitrogen and oxygen atoms in total. The third-order valence-corrected chi connectivity index (χ3v) is 3.88. The number of nitrogens with one attached hydrogen (secondary N) is 2. The number of aryl methyl sites for hydroxylation is 2. The molecule has 1 aromatic carbocycles. The molecule has 21 heavy (non-hydrogen) atoms. The van der Waals surface area contributed by atoms with E-state index >= 15 is 0 Å². The summed E-state index contributed by atoms with van der Waals surface area (Å²) in [6.07, 6.45) is 3.61. The number of carbonyl (C=O) groups excluding carboxylic acids is 1.